The molecule has 2 aromatic carbocycles. The molecule has 0 N–H and O–H groups in total. The van der Waals surface area contributed by atoms with E-state index in [1.807, 2.05) is 17.4 Å². The molecule has 1 heteroatoms. The zero-order valence-electron chi connectivity index (χ0n) is 9.86. The monoisotopic (exact) mass is 238 g/mol. The van der Waals surface area contributed by atoms with Gasteiger partial charge in [0.2, 0.25) is 0 Å². The lowest BCUT2D eigenvalue weighted by atomic mass is 10.1. The number of thiophene rings is 1. The average molecular weight is 238 g/mol. The van der Waals surface area contributed by atoms with E-state index < -0.39 is 0 Å². The summed E-state index contributed by atoms with van der Waals surface area (Å²) in [5, 5.41) is 2.74. The molecule has 0 nitrogen and oxygen atoms in total. The summed E-state index contributed by atoms with van der Waals surface area (Å²) in [5.41, 5.74) is 2.60. The van der Waals surface area contributed by atoms with Crippen LogP contribution in [0.2, 0.25) is 0 Å². The highest BCUT2D eigenvalue weighted by Crippen LogP contribution is 2.35. The minimum atomic E-state index is 1.09. The third-order valence-electron chi connectivity index (χ3n) is 3.20. The minimum Gasteiger partial charge on any atom is -0.135 e. The Morgan fingerprint density at radius 2 is 1.76 bits per heavy atom. The third kappa shape index (κ3) is 1.67. The molecule has 0 saturated carbocycles. The Morgan fingerprint density at radius 3 is 2.47 bits per heavy atom. The molecule has 0 aliphatic carbocycles. The summed E-state index contributed by atoms with van der Waals surface area (Å²) in [6.45, 7) is 6.04. The summed E-state index contributed by atoms with van der Waals surface area (Å²) in [4.78, 5) is 0. The molecule has 0 saturated heterocycles. The van der Waals surface area contributed by atoms with Crippen molar-refractivity contribution in [3.05, 3.63) is 54.1 Å². The van der Waals surface area contributed by atoms with Crippen molar-refractivity contribution in [2.45, 2.75) is 13.3 Å². The highest BCUT2D eigenvalue weighted by Gasteiger charge is 2.05. The molecule has 0 amide bonds. The maximum absolute atomic E-state index is 3.84. The van der Waals surface area contributed by atoms with E-state index in [1.54, 1.807) is 0 Å². The van der Waals surface area contributed by atoms with Crippen LogP contribution < -0.4 is 0 Å². The molecule has 1 heterocycles. The summed E-state index contributed by atoms with van der Waals surface area (Å²) < 4.78 is 2.73. The van der Waals surface area contributed by atoms with Crippen molar-refractivity contribution in [3.63, 3.8) is 0 Å². The molecule has 17 heavy (non-hydrogen) atoms. The van der Waals surface area contributed by atoms with Gasteiger partial charge in [-0.25, -0.2) is 0 Å². The average Bonchev–Trinajstić information content (AvgIpc) is 2.75. The predicted molar refractivity (Wildman–Crippen MR) is 78.8 cm³/mol. The Balaban J connectivity index is 2.41. The van der Waals surface area contributed by atoms with Gasteiger partial charge in [0.05, 0.1) is 0 Å². The van der Waals surface area contributed by atoms with Crippen LogP contribution in [0.3, 0.4) is 0 Å². The van der Waals surface area contributed by atoms with Crippen LogP contribution >= 0.6 is 11.3 Å². The molecule has 0 aliphatic rings. The van der Waals surface area contributed by atoms with E-state index in [1.165, 1.54) is 31.3 Å². The zero-order valence-corrected chi connectivity index (χ0v) is 10.7. The minimum absolute atomic E-state index is 1.09. The molecule has 0 atom stereocenters. The second-order valence-corrected chi connectivity index (χ2v) is 5.33. The first-order chi connectivity index (χ1) is 8.31. The van der Waals surface area contributed by atoms with Gasteiger partial charge in [-0.05, 0) is 41.8 Å². The van der Waals surface area contributed by atoms with Gasteiger partial charge in [0.25, 0.3) is 0 Å². The van der Waals surface area contributed by atoms with Crippen molar-refractivity contribution in [1.29, 1.82) is 0 Å². The molecule has 1 aromatic heterocycles. The lowest BCUT2D eigenvalue weighted by Crippen LogP contribution is -1.77. The van der Waals surface area contributed by atoms with E-state index in [9.17, 15) is 0 Å². The van der Waals surface area contributed by atoms with Crippen LogP contribution in [0.25, 0.3) is 26.2 Å². The molecule has 0 unspecified atom stereocenters. The lowest BCUT2D eigenvalue weighted by Gasteiger charge is -1.97. The molecule has 0 radical (unpaired) electrons. The SMILES string of the molecule is C=Cc1ccc2sc3ccc(CC)cc3c2c1. The Labute approximate surface area is 105 Å². The van der Waals surface area contributed by atoms with Crippen molar-refractivity contribution in [1.82, 2.24) is 0 Å². The van der Waals surface area contributed by atoms with Crippen LogP contribution in [-0.2, 0) is 6.42 Å². The fourth-order valence-electron chi connectivity index (χ4n) is 2.19. The predicted octanol–water partition coefficient (Wildman–Crippen LogP) is 5.26. The van der Waals surface area contributed by atoms with E-state index >= 15 is 0 Å². The van der Waals surface area contributed by atoms with Crippen molar-refractivity contribution >= 4 is 37.6 Å². The highest BCUT2D eigenvalue weighted by molar-refractivity contribution is 7.25. The quantitative estimate of drug-likeness (QED) is 0.571. The fraction of sp³-hybridized carbons (Fsp3) is 0.125. The smallest absolute Gasteiger partial charge is 0.0355 e. The molecule has 0 fully saturated rings. The standard InChI is InChI=1S/C16H14S/c1-3-11-5-7-15-13(9-11)14-10-12(4-2)6-8-16(14)17-15/h3,5-10H,1,4H2,2H3. The van der Waals surface area contributed by atoms with Gasteiger partial charge in [-0.15, -0.1) is 11.3 Å². The summed E-state index contributed by atoms with van der Waals surface area (Å²) in [7, 11) is 0. The highest BCUT2D eigenvalue weighted by atomic mass is 32.1. The lowest BCUT2D eigenvalue weighted by molar-refractivity contribution is 1.15. The maximum atomic E-state index is 3.84. The molecule has 0 bridgehead atoms. The number of hydrogen-bond donors (Lipinski definition) is 0. The van der Waals surface area contributed by atoms with Gasteiger partial charge in [-0.2, -0.15) is 0 Å². The van der Waals surface area contributed by atoms with Crippen LogP contribution in [0.5, 0.6) is 0 Å². The van der Waals surface area contributed by atoms with Crippen molar-refractivity contribution < 1.29 is 0 Å². The second kappa shape index (κ2) is 4.01. The van der Waals surface area contributed by atoms with Gasteiger partial charge in [0.15, 0.2) is 0 Å². The fourth-order valence-corrected chi connectivity index (χ4v) is 3.26. The maximum Gasteiger partial charge on any atom is 0.0355 e. The Bertz CT molecular complexity index is 704. The third-order valence-corrected chi connectivity index (χ3v) is 4.35. The number of hydrogen-bond acceptors (Lipinski definition) is 1. The van der Waals surface area contributed by atoms with Gasteiger partial charge in [0, 0.05) is 20.2 Å². The number of fused-ring (bicyclic) bond motifs is 3. The van der Waals surface area contributed by atoms with Gasteiger partial charge < -0.3 is 0 Å². The van der Waals surface area contributed by atoms with E-state index in [0.717, 1.165) is 6.42 Å². The molecular formula is C16H14S. The summed E-state index contributed by atoms with van der Waals surface area (Å²) in [5.74, 6) is 0. The van der Waals surface area contributed by atoms with Crippen LogP contribution in [-0.4, -0.2) is 0 Å². The summed E-state index contributed by atoms with van der Waals surface area (Å²) in [6, 6.07) is 13.4. The molecule has 3 rings (SSSR count). The van der Waals surface area contributed by atoms with E-state index in [2.05, 4.69) is 49.9 Å². The summed E-state index contributed by atoms with van der Waals surface area (Å²) in [6.07, 6.45) is 3.00. The van der Waals surface area contributed by atoms with Gasteiger partial charge >= 0.3 is 0 Å². The van der Waals surface area contributed by atoms with Crippen LogP contribution in [0.1, 0.15) is 18.1 Å². The van der Waals surface area contributed by atoms with E-state index in [-0.39, 0.29) is 0 Å². The molecular weight excluding hydrogens is 224 g/mol. The Hall–Kier alpha value is -1.60. The molecule has 84 valence electrons. The van der Waals surface area contributed by atoms with Gasteiger partial charge in [-0.3, -0.25) is 0 Å². The van der Waals surface area contributed by atoms with Crippen LogP contribution in [0, 0.1) is 0 Å². The van der Waals surface area contributed by atoms with E-state index in [0.29, 0.717) is 0 Å². The first-order valence-corrected chi connectivity index (χ1v) is 6.71. The van der Waals surface area contributed by atoms with E-state index in [4.69, 9.17) is 0 Å². The van der Waals surface area contributed by atoms with Gasteiger partial charge in [-0.1, -0.05) is 31.7 Å². The normalized spacial score (nSPS) is 11.1. The summed E-state index contributed by atoms with van der Waals surface area (Å²) >= 11 is 1.87. The zero-order chi connectivity index (χ0) is 11.8. The number of benzene rings is 2. The van der Waals surface area contributed by atoms with Crippen LogP contribution in [0.4, 0.5) is 0 Å². The molecule has 3 aromatic rings. The Morgan fingerprint density at radius 1 is 1.06 bits per heavy atom. The molecule has 0 spiro atoms. The van der Waals surface area contributed by atoms with Crippen molar-refractivity contribution in [2.24, 2.45) is 0 Å². The first kappa shape index (κ1) is 10.5. The Kier molecular flexibility index (Phi) is 2.49. The molecule has 0 aliphatic heterocycles. The largest absolute Gasteiger partial charge is 0.135 e. The first-order valence-electron chi connectivity index (χ1n) is 5.89. The second-order valence-electron chi connectivity index (χ2n) is 4.25. The van der Waals surface area contributed by atoms with Crippen molar-refractivity contribution in [3.8, 4) is 0 Å². The number of aryl methyl sites for hydroxylation is 1. The van der Waals surface area contributed by atoms with Crippen molar-refractivity contribution in [2.75, 3.05) is 0 Å². The van der Waals surface area contributed by atoms with Crippen LogP contribution in [0.15, 0.2) is 43.0 Å². The topological polar surface area (TPSA) is 0 Å². The van der Waals surface area contributed by atoms with Gasteiger partial charge in [0.1, 0.15) is 0 Å². The number of rotatable bonds is 2.